The van der Waals surface area contributed by atoms with Crippen LogP contribution in [0.3, 0.4) is 0 Å². The van der Waals surface area contributed by atoms with E-state index in [1.165, 1.54) is 32.1 Å². The summed E-state index contributed by atoms with van der Waals surface area (Å²) in [7, 11) is 2.10. The Morgan fingerprint density at radius 1 is 1.10 bits per heavy atom. The Morgan fingerprint density at radius 2 is 1.81 bits per heavy atom. The van der Waals surface area contributed by atoms with Crippen molar-refractivity contribution in [3.8, 4) is 0 Å². The van der Waals surface area contributed by atoms with Gasteiger partial charge in [-0.25, -0.2) is 0 Å². The molecule has 4 heteroatoms. The number of ketones is 1. The maximum Gasteiger partial charge on any atom is 0.248 e. The highest BCUT2D eigenvalue weighted by molar-refractivity contribution is 6.03. The molecule has 0 aliphatic heterocycles. The van der Waals surface area contributed by atoms with E-state index in [1.54, 1.807) is 6.08 Å². The zero-order chi connectivity index (χ0) is 22.6. The minimum atomic E-state index is -0.180. The van der Waals surface area contributed by atoms with Crippen LogP contribution in [-0.4, -0.2) is 24.8 Å². The van der Waals surface area contributed by atoms with Crippen molar-refractivity contribution in [2.45, 2.75) is 85.6 Å². The van der Waals surface area contributed by atoms with Crippen molar-refractivity contribution in [2.24, 2.45) is 40.4 Å². The average Bonchev–Trinajstić information content (AvgIpc) is 3.06. The van der Waals surface area contributed by atoms with Gasteiger partial charge in [0.05, 0.1) is 5.70 Å². The molecule has 4 aliphatic carbocycles. The van der Waals surface area contributed by atoms with Gasteiger partial charge >= 0.3 is 0 Å². The molecule has 0 aromatic carbocycles. The highest BCUT2D eigenvalue weighted by Crippen LogP contribution is 2.67. The Hall–Kier alpha value is -1.42. The molecule has 3 fully saturated rings. The van der Waals surface area contributed by atoms with Crippen molar-refractivity contribution in [1.82, 2.24) is 10.6 Å². The third kappa shape index (κ3) is 3.63. The van der Waals surface area contributed by atoms with Gasteiger partial charge in [-0.05, 0) is 107 Å². The number of hydrogen-bond acceptors (Lipinski definition) is 3. The van der Waals surface area contributed by atoms with E-state index in [1.807, 2.05) is 19.9 Å². The lowest BCUT2D eigenvalue weighted by Crippen LogP contribution is -2.56. The fraction of sp³-hybridized carbons (Fsp3) is 0.778. The molecule has 2 N–H and O–H groups in total. The third-order valence-electron chi connectivity index (χ3n) is 10.0. The summed E-state index contributed by atoms with van der Waals surface area (Å²) in [6.45, 7) is 11.1. The molecule has 31 heavy (non-hydrogen) atoms. The topological polar surface area (TPSA) is 58.2 Å². The van der Waals surface area contributed by atoms with Crippen molar-refractivity contribution in [1.29, 1.82) is 0 Å². The number of allylic oxidation sites excluding steroid dienone is 3. The molecule has 0 heterocycles. The lowest BCUT2D eigenvalue weighted by Gasteiger charge is -2.59. The Balaban J connectivity index is 1.55. The van der Waals surface area contributed by atoms with E-state index >= 15 is 0 Å². The molecular weight excluding hydrogens is 384 g/mol. The van der Waals surface area contributed by atoms with Crippen molar-refractivity contribution in [3.05, 3.63) is 23.4 Å². The van der Waals surface area contributed by atoms with Crippen LogP contribution in [-0.2, 0) is 9.59 Å². The number of carbonyl (C=O) groups is 2. The molecule has 0 radical (unpaired) electrons. The number of Topliss-reactive ketones (excluding diaryl/α,β-unsaturated/α-hetero) is 1. The molecule has 1 amide bonds. The van der Waals surface area contributed by atoms with Crippen LogP contribution < -0.4 is 10.6 Å². The fourth-order valence-electron chi connectivity index (χ4n) is 8.40. The first kappa shape index (κ1) is 22.8. The molecule has 8 atom stereocenters. The normalized spacial score (nSPS) is 42.6. The van der Waals surface area contributed by atoms with Gasteiger partial charge in [-0.2, -0.15) is 0 Å². The van der Waals surface area contributed by atoms with E-state index in [4.69, 9.17) is 0 Å². The highest BCUT2D eigenvalue weighted by atomic mass is 16.2. The molecule has 0 spiro atoms. The summed E-state index contributed by atoms with van der Waals surface area (Å²) in [6.07, 6.45) is 11.9. The minimum Gasteiger partial charge on any atom is -0.320 e. The standard InChI is InChI=1S/C27H42N2O2/c1-16(2)15-24(30)29-23-12-14-27(5)21-11-13-26(4)19(17(3)28-6)9-10-20(26)18(21)7-8-22(27)25(23)31/h12,15,17-22,28H,7-11,13-14H2,1-6H3,(H,29,30)/t17-,18-,19+,20-,21-,22-,26+,27+/m0/s1. The van der Waals surface area contributed by atoms with Gasteiger partial charge in [0.25, 0.3) is 0 Å². The fourth-order valence-corrected chi connectivity index (χ4v) is 8.40. The van der Waals surface area contributed by atoms with Crippen LogP contribution >= 0.6 is 0 Å². The molecule has 172 valence electrons. The number of amides is 1. The van der Waals surface area contributed by atoms with Crippen molar-refractivity contribution >= 4 is 11.7 Å². The van der Waals surface area contributed by atoms with E-state index in [-0.39, 0.29) is 23.0 Å². The lowest BCUT2D eigenvalue weighted by molar-refractivity contribution is -0.140. The molecule has 0 aromatic heterocycles. The van der Waals surface area contributed by atoms with E-state index in [0.29, 0.717) is 23.1 Å². The molecule has 4 aliphatic rings. The monoisotopic (exact) mass is 426 g/mol. The zero-order valence-electron chi connectivity index (χ0n) is 20.4. The van der Waals surface area contributed by atoms with Crippen molar-refractivity contribution < 1.29 is 9.59 Å². The highest BCUT2D eigenvalue weighted by Gasteiger charge is 2.61. The van der Waals surface area contributed by atoms with Crippen LogP contribution in [0.2, 0.25) is 0 Å². The Morgan fingerprint density at radius 3 is 2.48 bits per heavy atom. The van der Waals surface area contributed by atoms with Gasteiger partial charge in [0.1, 0.15) is 0 Å². The quantitative estimate of drug-likeness (QED) is 0.621. The molecule has 0 unspecified atom stereocenters. The third-order valence-corrected chi connectivity index (χ3v) is 10.0. The van der Waals surface area contributed by atoms with E-state index in [2.05, 4.69) is 38.5 Å². The molecule has 3 saturated carbocycles. The smallest absolute Gasteiger partial charge is 0.248 e. The maximum atomic E-state index is 13.4. The Kier molecular flexibility index (Phi) is 6.00. The van der Waals surface area contributed by atoms with Crippen LogP contribution in [0.5, 0.6) is 0 Å². The summed E-state index contributed by atoms with van der Waals surface area (Å²) in [5.41, 5.74) is 1.95. The van der Waals surface area contributed by atoms with Crippen LogP contribution in [0, 0.1) is 40.4 Å². The van der Waals surface area contributed by atoms with Gasteiger partial charge in [0, 0.05) is 18.0 Å². The minimum absolute atomic E-state index is 0.0405. The molecule has 0 aromatic rings. The van der Waals surface area contributed by atoms with Crippen LogP contribution in [0.15, 0.2) is 23.4 Å². The summed E-state index contributed by atoms with van der Waals surface area (Å²) in [5.74, 6) is 2.98. The Bertz CT molecular complexity index is 810. The number of carbonyl (C=O) groups excluding carboxylic acids is 2. The molecule has 4 nitrogen and oxygen atoms in total. The largest absolute Gasteiger partial charge is 0.320 e. The van der Waals surface area contributed by atoms with Gasteiger partial charge in [0.2, 0.25) is 5.91 Å². The van der Waals surface area contributed by atoms with Gasteiger partial charge in [-0.3, -0.25) is 9.59 Å². The summed E-state index contributed by atoms with van der Waals surface area (Å²) in [5, 5.41) is 6.42. The van der Waals surface area contributed by atoms with E-state index in [0.717, 1.165) is 36.2 Å². The Labute approximate surface area is 188 Å². The lowest BCUT2D eigenvalue weighted by atomic mass is 9.45. The van der Waals surface area contributed by atoms with Crippen LogP contribution in [0.1, 0.15) is 79.6 Å². The number of nitrogens with one attached hydrogen (secondary N) is 2. The summed E-state index contributed by atoms with van der Waals surface area (Å²) in [4.78, 5) is 25.6. The molecule has 0 bridgehead atoms. The van der Waals surface area contributed by atoms with Crippen LogP contribution in [0.4, 0.5) is 0 Å². The average molecular weight is 427 g/mol. The second kappa shape index (κ2) is 8.17. The van der Waals surface area contributed by atoms with E-state index in [9.17, 15) is 9.59 Å². The zero-order valence-corrected chi connectivity index (χ0v) is 20.4. The summed E-state index contributed by atoms with van der Waals surface area (Å²) >= 11 is 0. The molecule has 0 saturated heterocycles. The summed E-state index contributed by atoms with van der Waals surface area (Å²) in [6, 6.07) is 0.574. The van der Waals surface area contributed by atoms with Crippen molar-refractivity contribution in [2.75, 3.05) is 7.05 Å². The molecular formula is C27H42N2O2. The van der Waals surface area contributed by atoms with Gasteiger partial charge < -0.3 is 10.6 Å². The maximum absolute atomic E-state index is 13.4. The SMILES string of the molecule is CN[C@@H](C)[C@H]1CC[C@H]2[C@@H]3CC[C@H]4C(=O)C(NC(=O)C=C(C)C)=CC[C@]4(C)[C@H]3CC[C@]12C. The number of hydrogen-bond donors (Lipinski definition) is 2. The number of rotatable bonds is 4. The van der Waals surface area contributed by atoms with Crippen molar-refractivity contribution in [3.63, 3.8) is 0 Å². The van der Waals surface area contributed by atoms with Gasteiger partial charge in [-0.15, -0.1) is 0 Å². The number of fused-ring (bicyclic) bond motifs is 5. The predicted octanol–water partition coefficient (Wildman–Crippen LogP) is 5.01. The first-order chi connectivity index (χ1) is 14.6. The molecule has 4 rings (SSSR count). The summed E-state index contributed by atoms with van der Waals surface area (Å²) < 4.78 is 0. The first-order valence-corrected chi connectivity index (χ1v) is 12.5. The van der Waals surface area contributed by atoms with Gasteiger partial charge in [0.15, 0.2) is 5.78 Å². The second-order valence-corrected chi connectivity index (χ2v) is 11.7. The predicted molar refractivity (Wildman–Crippen MR) is 125 cm³/mol. The van der Waals surface area contributed by atoms with Gasteiger partial charge in [-0.1, -0.05) is 25.5 Å². The first-order valence-electron chi connectivity index (χ1n) is 12.5. The van der Waals surface area contributed by atoms with Crippen LogP contribution in [0.25, 0.3) is 0 Å². The van der Waals surface area contributed by atoms with E-state index < -0.39 is 0 Å². The second-order valence-electron chi connectivity index (χ2n) is 11.7.